The van der Waals surface area contributed by atoms with Crippen LogP contribution in [0.4, 0.5) is 0 Å². The number of hydrogen-bond donors (Lipinski definition) is 3. The summed E-state index contributed by atoms with van der Waals surface area (Å²) < 4.78 is 2.07. The van der Waals surface area contributed by atoms with Gasteiger partial charge in [0.05, 0.1) is 34.9 Å². The van der Waals surface area contributed by atoms with Gasteiger partial charge in [-0.1, -0.05) is 18.2 Å². The predicted octanol–water partition coefficient (Wildman–Crippen LogP) is 3.99. The van der Waals surface area contributed by atoms with Crippen molar-refractivity contribution in [2.75, 3.05) is 0 Å². The van der Waals surface area contributed by atoms with Crippen molar-refractivity contribution in [1.29, 1.82) is 0 Å². The van der Waals surface area contributed by atoms with E-state index in [-0.39, 0.29) is 16.9 Å². The molecule has 0 spiro atoms. The number of aromatic nitrogens is 4. The maximum atomic E-state index is 13.5. The van der Waals surface area contributed by atoms with E-state index in [1.165, 1.54) is 0 Å². The lowest BCUT2D eigenvalue weighted by atomic mass is 9.32. The van der Waals surface area contributed by atoms with Gasteiger partial charge in [0.2, 0.25) is 0 Å². The molecule has 4 aromatic rings. The fourth-order valence-electron chi connectivity index (χ4n) is 6.57. The van der Waals surface area contributed by atoms with Gasteiger partial charge in [0.15, 0.2) is 0 Å². The number of carboxylic acids is 1. The molecule has 35 heavy (non-hydrogen) atoms. The van der Waals surface area contributed by atoms with Gasteiger partial charge < -0.3 is 15.0 Å². The topological polar surface area (TPSA) is 113 Å². The van der Waals surface area contributed by atoms with Crippen molar-refractivity contribution in [3.05, 3.63) is 72.4 Å². The predicted molar refractivity (Wildman–Crippen MR) is 129 cm³/mol. The lowest BCUT2D eigenvalue weighted by molar-refractivity contribution is -0.236. The molecule has 8 heteroatoms. The molecule has 8 rings (SSSR count). The Morgan fingerprint density at radius 1 is 1.06 bits per heavy atom. The number of hydrogen-bond acceptors (Lipinski definition) is 4. The summed E-state index contributed by atoms with van der Waals surface area (Å²) in [5.74, 6) is -0.763. The van der Waals surface area contributed by atoms with Crippen LogP contribution in [0, 0.1) is 10.8 Å². The third-order valence-corrected chi connectivity index (χ3v) is 8.62. The van der Waals surface area contributed by atoms with Crippen LogP contribution in [0.2, 0.25) is 0 Å². The van der Waals surface area contributed by atoms with Crippen molar-refractivity contribution in [1.82, 2.24) is 25.1 Å². The summed E-state index contributed by atoms with van der Waals surface area (Å²) in [7, 11) is 0. The minimum atomic E-state index is -0.685. The molecule has 1 aromatic carbocycles. The van der Waals surface area contributed by atoms with Crippen molar-refractivity contribution >= 4 is 22.8 Å². The number of benzene rings is 1. The Morgan fingerprint density at radius 3 is 2.54 bits per heavy atom. The highest BCUT2D eigenvalue weighted by Gasteiger charge is 2.81. The largest absolute Gasteiger partial charge is 0.481 e. The maximum absolute atomic E-state index is 13.5. The van der Waals surface area contributed by atoms with Crippen molar-refractivity contribution in [3.8, 4) is 11.1 Å². The number of pyridine rings is 1. The minimum absolute atomic E-state index is 0.0302. The van der Waals surface area contributed by atoms with Gasteiger partial charge in [0, 0.05) is 40.6 Å². The fourth-order valence-corrected chi connectivity index (χ4v) is 6.57. The number of nitrogens with one attached hydrogen (secondary N) is 2. The second-order valence-electron chi connectivity index (χ2n) is 10.6. The third-order valence-electron chi connectivity index (χ3n) is 8.62. The van der Waals surface area contributed by atoms with Crippen LogP contribution in [0.3, 0.4) is 0 Å². The number of carbonyl (C=O) groups is 2. The molecule has 0 radical (unpaired) electrons. The fraction of sp³-hybridized carbons (Fsp3) is 0.333. The first-order valence-corrected chi connectivity index (χ1v) is 12.0. The van der Waals surface area contributed by atoms with E-state index in [9.17, 15) is 14.7 Å². The van der Waals surface area contributed by atoms with Gasteiger partial charge in [-0.2, -0.15) is 5.10 Å². The van der Waals surface area contributed by atoms with Crippen LogP contribution in [0.5, 0.6) is 0 Å². The zero-order valence-electron chi connectivity index (χ0n) is 19.1. The SMILES string of the molecule is O=C(NC1(C23CC(C(=O)O)(C2)C3)CC1)c1cccc2ccn(Cc3ccc(-c4cn[nH]c4)cn3)c12. The molecule has 0 unspecified atom stereocenters. The summed E-state index contributed by atoms with van der Waals surface area (Å²) in [6.07, 6.45) is 11.4. The van der Waals surface area contributed by atoms with Gasteiger partial charge in [-0.15, -0.1) is 0 Å². The molecule has 176 valence electrons. The van der Waals surface area contributed by atoms with Crippen LogP contribution >= 0.6 is 0 Å². The number of H-pyrrole nitrogens is 1. The molecule has 0 saturated heterocycles. The Kier molecular flexibility index (Phi) is 3.98. The van der Waals surface area contributed by atoms with Crippen molar-refractivity contribution < 1.29 is 14.7 Å². The van der Waals surface area contributed by atoms with Crippen LogP contribution < -0.4 is 5.32 Å². The molecule has 4 saturated carbocycles. The quantitative estimate of drug-likeness (QED) is 0.380. The summed E-state index contributed by atoms with van der Waals surface area (Å²) in [5, 5.41) is 20.7. The molecular formula is C27H25N5O3. The molecule has 2 bridgehead atoms. The standard InChI is InChI=1S/C27H25N5O3/c33-23(31-27(7-8-27)26-14-25(15-26,16-26)24(34)35)21-3-1-2-17-6-9-32(22(17)21)13-20-5-4-18(10-28-20)19-11-29-30-12-19/h1-6,9-12H,7-8,13-16H2,(H,29,30)(H,31,33)(H,34,35). The van der Waals surface area contributed by atoms with Gasteiger partial charge in [-0.25, -0.2) is 0 Å². The molecule has 3 aromatic heterocycles. The van der Waals surface area contributed by atoms with Crippen molar-refractivity contribution in [2.24, 2.45) is 10.8 Å². The van der Waals surface area contributed by atoms with Crippen molar-refractivity contribution in [2.45, 2.75) is 44.2 Å². The summed E-state index contributed by atoms with van der Waals surface area (Å²) in [6.45, 7) is 0.551. The average molecular weight is 468 g/mol. The number of fused-ring (bicyclic) bond motifs is 1. The maximum Gasteiger partial charge on any atom is 0.309 e. The van der Waals surface area contributed by atoms with Gasteiger partial charge in [0.1, 0.15) is 0 Å². The third kappa shape index (κ3) is 2.85. The molecule has 4 aliphatic carbocycles. The van der Waals surface area contributed by atoms with Gasteiger partial charge in [-0.3, -0.25) is 19.7 Å². The van der Waals surface area contributed by atoms with E-state index in [0.717, 1.165) is 40.6 Å². The Labute approximate surface area is 201 Å². The van der Waals surface area contributed by atoms with Crippen LogP contribution in [0.25, 0.3) is 22.0 Å². The van der Waals surface area contributed by atoms with E-state index < -0.39 is 11.4 Å². The molecular weight excluding hydrogens is 442 g/mol. The molecule has 3 heterocycles. The summed E-state index contributed by atoms with van der Waals surface area (Å²) in [4.78, 5) is 29.7. The monoisotopic (exact) mass is 467 g/mol. The summed E-state index contributed by atoms with van der Waals surface area (Å²) in [5.41, 5.74) is 3.61. The number of rotatable bonds is 7. The van der Waals surface area contributed by atoms with E-state index in [4.69, 9.17) is 0 Å². The highest BCUT2D eigenvalue weighted by Crippen LogP contribution is 2.81. The van der Waals surface area contributed by atoms with E-state index in [2.05, 4.69) is 25.1 Å². The molecule has 0 aliphatic heterocycles. The first-order valence-electron chi connectivity index (χ1n) is 12.0. The first kappa shape index (κ1) is 20.4. The second-order valence-corrected chi connectivity index (χ2v) is 10.6. The molecule has 4 aliphatic rings. The number of aromatic amines is 1. The van der Waals surface area contributed by atoms with Gasteiger partial charge in [0.25, 0.3) is 5.91 Å². The summed E-state index contributed by atoms with van der Waals surface area (Å²) in [6, 6.07) is 11.9. The minimum Gasteiger partial charge on any atom is -0.481 e. The van der Waals surface area contributed by atoms with Crippen LogP contribution in [-0.4, -0.2) is 42.3 Å². The number of nitrogens with zero attached hydrogens (tertiary/aromatic N) is 3. The van der Waals surface area contributed by atoms with E-state index in [1.54, 1.807) is 6.20 Å². The molecule has 1 amide bonds. The Balaban J connectivity index is 1.14. The smallest absolute Gasteiger partial charge is 0.309 e. The highest BCUT2D eigenvalue weighted by atomic mass is 16.4. The van der Waals surface area contributed by atoms with Crippen LogP contribution in [0.1, 0.15) is 48.2 Å². The van der Waals surface area contributed by atoms with Gasteiger partial charge >= 0.3 is 5.97 Å². The number of para-hydroxylation sites is 1. The van der Waals surface area contributed by atoms with E-state index in [1.807, 2.05) is 55.0 Å². The van der Waals surface area contributed by atoms with Crippen LogP contribution in [-0.2, 0) is 11.3 Å². The zero-order valence-corrected chi connectivity index (χ0v) is 19.1. The molecule has 0 atom stereocenters. The highest BCUT2D eigenvalue weighted by molar-refractivity contribution is 6.06. The number of carbonyl (C=O) groups excluding carboxylic acids is 1. The van der Waals surface area contributed by atoms with E-state index in [0.29, 0.717) is 31.4 Å². The molecule has 4 fully saturated rings. The normalized spacial score (nSPS) is 25.5. The number of aliphatic carboxylic acids is 1. The van der Waals surface area contributed by atoms with Crippen LogP contribution in [0.15, 0.2) is 61.2 Å². The van der Waals surface area contributed by atoms with Gasteiger partial charge in [-0.05, 0) is 55.7 Å². The van der Waals surface area contributed by atoms with Crippen molar-refractivity contribution in [3.63, 3.8) is 0 Å². The molecule has 8 nitrogen and oxygen atoms in total. The molecule has 3 N–H and O–H groups in total. The zero-order chi connectivity index (χ0) is 23.8. The lowest BCUT2D eigenvalue weighted by Gasteiger charge is -2.71. The Morgan fingerprint density at radius 2 is 1.89 bits per heavy atom. The average Bonchev–Trinajstić information content (AvgIpc) is 3.20. The summed E-state index contributed by atoms with van der Waals surface area (Å²) >= 11 is 0. The first-order chi connectivity index (χ1) is 16.9. The lowest BCUT2D eigenvalue weighted by Crippen LogP contribution is -2.73. The number of amides is 1. The second kappa shape index (κ2) is 6.81. The Hall–Kier alpha value is -3.94. The number of carboxylic acid groups (broad SMARTS) is 1. The Bertz CT molecular complexity index is 1460. The van der Waals surface area contributed by atoms with E-state index >= 15 is 0 Å².